The van der Waals surface area contributed by atoms with E-state index in [0.29, 0.717) is 4.31 Å². The Labute approximate surface area is 158 Å². The van der Waals surface area contributed by atoms with Crippen LogP contribution in [0, 0.1) is 20.2 Å². The summed E-state index contributed by atoms with van der Waals surface area (Å²) in [6, 6.07) is 7.55. The highest BCUT2D eigenvalue weighted by atomic mass is 32.2. The molecule has 0 unspecified atom stereocenters. The Kier molecular flexibility index (Phi) is 5.78. The molecule has 0 saturated carbocycles. The van der Waals surface area contributed by atoms with E-state index in [1.807, 2.05) is 0 Å². The van der Waals surface area contributed by atoms with E-state index in [0.717, 1.165) is 30.3 Å². The maximum absolute atomic E-state index is 13.1. The molecule has 0 heterocycles. The molecule has 0 aliphatic rings. The Bertz CT molecular complexity index is 1050. The Hall–Kier alpha value is -3.74. The summed E-state index contributed by atoms with van der Waals surface area (Å²) in [7, 11) is -3.53. The molecule has 28 heavy (non-hydrogen) atoms. The predicted molar refractivity (Wildman–Crippen MR) is 96.5 cm³/mol. The van der Waals surface area contributed by atoms with Crippen LogP contribution in [0.25, 0.3) is 0 Å². The van der Waals surface area contributed by atoms with E-state index in [2.05, 4.69) is 0 Å². The summed E-state index contributed by atoms with van der Waals surface area (Å²) in [4.78, 5) is 31.4. The van der Waals surface area contributed by atoms with Crippen molar-refractivity contribution in [3.05, 3.63) is 62.7 Å². The van der Waals surface area contributed by atoms with Crippen LogP contribution in [0.15, 0.2) is 47.4 Å². The molecule has 0 spiro atoms. The van der Waals surface area contributed by atoms with Crippen LogP contribution in [0.3, 0.4) is 0 Å². The quantitative estimate of drug-likeness (QED) is 0.498. The van der Waals surface area contributed by atoms with Gasteiger partial charge in [-0.2, -0.15) is 0 Å². The Balaban J connectivity index is 2.78. The molecule has 12 nitrogen and oxygen atoms in total. The zero-order valence-electron chi connectivity index (χ0n) is 14.3. The summed E-state index contributed by atoms with van der Waals surface area (Å²) >= 11 is 0. The van der Waals surface area contributed by atoms with Gasteiger partial charge in [-0.25, -0.2) is 8.42 Å². The zero-order valence-corrected chi connectivity index (χ0v) is 15.2. The van der Waals surface area contributed by atoms with E-state index in [1.165, 1.54) is 19.2 Å². The van der Waals surface area contributed by atoms with Crippen LogP contribution in [-0.2, 0) is 14.8 Å². The number of carbonyl (C=O) groups excluding carboxylic acids is 1. The number of nitrogens with two attached hydrogens (primary N) is 1. The van der Waals surface area contributed by atoms with Crippen molar-refractivity contribution in [1.29, 1.82) is 0 Å². The minimum Gasteiger partial charge on any atom is -0.495 e. The van der Waals surface area contributed by atoms with E-state index in [1.54, 1.807) is 0 Å². The standard InChI is InChI=1S/C15H14N4O8S/c1-27-13-7-6-10(18(21)22)8-12(13)17(9-15(16)20)28(25,26)14-5-3-2-4-11(14)19(23)24/h2-8H,9H2,1H3,(H2,16,20). The summed E-state index contributed by atoms with van der Waals surface area (Å²) in [6.07, 6.45) is 0. The van der Waals surface area contributed by atoms with Crippen LogP contribution >= 0.6 is 0 Å². The average Bonchev–Trinajstić information content (AvgIpc) is 2.65. The van der Waals surface area contributed by atoms with Gasteiger partial charge in [-0.15, -0.1) is 0 Å². The van der Waals surface area contributed by atoms with Crippen LogP contribution in [0.5, 0.6) is 5.75 Å². The molecule has 0 aliphatic carbocycles. The van der Waals surface area contributed by atoms with Gasteiger partial charge < -0.3 is 10.5 Å². The number of non-ortho nitro benzene ring substituents is 1. The van der Waals surface area contributed by atoms with Crippen molar-refractivity contribution in [3.8, 4) is 5.75 Å². The zero-order chi connectivity index (χ0) is 21.1. The number of sulfonamides is 1. The van der Waals surface area contributed by atoms with Crippen LogP contribution in [0.2, 0.25) is 0 Å². The van der Waals surface area contributed by atoms with Crippen molar-refractivity contribution in [2.24, 2.45) is 5.73 Å². The molecule has 0 aliphatic heterocycles. The second-order valence-electron chi connectivity index (χ2n) is 5.32. The number of nitro groups is 2. The topological polar surface area (TPSA) is 176 Å². The van der Waals surface area contributed by atoms with Gasteiger partial charge in [-0.05, 0) is 12.1 Å². The molecule has 0 radical (unpaired) electrons. The molecule has 2 rings (SSSR count). The number of nitrogens with zero attached hydrogens (tertiary/aromatic N) is 3. The van der Waals surface area contributed by atoms with Crippen molar-refractivity contribution in [3.63, 3.8) is 0 Å². The number of amides is 1. The number of rotatable bonds is 8. The van der Waals surface area contributed by atoms with E-state index >= 15 is 0 Å². The minimum atomic E-state index is -4.71. The summed E-state index contributed by atoms with van der Waals surface area (Å²) in [5, 5.41) is 22.3. The van der Waals surface area contributed by atoms with Gasteiger partial charge in [0.1, 0.15) is 18.0 Å². The van der Waals surface area contributed by atoms with E-state index < -0.39 is 48.6 Å². The predicted octanol–water partition coefficient (Wildman–Crippen LogP) is 1.19. The number of anilines is 1. The van der Waals surface area contributed by atoms with Crippen molar-refractivity contribution in [2.75, 3.05) is 18.0 Å². The first-order chi connectivity index (χ1) is 13.1. The lowest BCUT2D eigenvalue weighted by Gasteiger charge is -2.24. The first kappa shape index (κ1) is 20.6. The maximum atomic E-state index is 13.1. The number of benzene rings is 2. The van der Waals surface area contributed by atoms with Gasteiger partial charge in [0.2, 0.25) is 5.91 Å². The molecule has 0 saturated heterocycles. The number of primary amides is 1. The van der Waals surface area contributed by atoms with Gasteiger partial charge in [-0.1, -0.05) is 12.1 Å². The van der Waals surface area contributed by atoms with Crippen molar-refractivity contribution in [1.82, 2.24) is 0 Å². The highest BCUT2D eigenvalue weighted by molar-refractivity contribution is 7.93. The second-order valence-corrected chi connectivity index (χ2v) is 7.15. The number of hydrogen-bond donors (Lipinski definition) is 1. The van der Waals surface area contributed by atoms with Gasteiger partial charge in [0.25, 0.3) is 21.4 Å². The number of nitro benzene ring substituents is 2. The molecular formula is C15H14N4O8S. The van der Waals surface area contributed by atoms with Crippen LogP contribution < -0.4 is 14.8 Å². The van der Waals surface area contributed by atoms with Crippen LogP contribution in [-0.4, -0.2) is 37.8 Å². The molecule has 0 fully saturated rings. The Morgan fingerprint density at radius 1 is 1.14 bits per heavy atom. The Morgan fingerprint density at radius 2 is 1.79 bits per heavy atom. The third kappa shape index (κ3) is 3.98. The SMILES string of the molecule is COc1ccc([N+](=O)[O-])cc1N(CC(N)=O)S(=O)(=O)c1ccccc1[N+](=O)[O-]. The lowest BCUT2D eigenvalue weighted by molar-refractivity contribution is -0.387. The van der Waals surface area contributed by atoms with Gasteiger partial charge in [0.15, 0.2) is 4.90 Å². The van der Waals surface area contributed by atoms with Crippen molar-refractivity contribution in [2.45, 2.75) is 4.90 Å². The molecular weight excluding hydrogens is 396 g/mol. The molecule has 2 aromatic carbocycles. The molecule has 1 amide bonds. The van der Waals surface area contributed by atoms with Gasteiger partial charge in [0.05, 0.1) is 17.0 Å². The Morgan fingerprint density at radius 3 is 2.32 bits per heavy atom. The highest BCUT2D eigenvalue weighted by Gasteiger charge is 2.34. The maximum Gasteiger partial charge on any atom is 0.289 e. The van der Waals surface area contributed by atoms with Gasteiger partial charge in [0, 0.05) is 18.2 Å². The number of carbonyl (C=O) groups is 1. The third-order valence-corrected chi connectivity index (χ3v) is 5.38. The molecule has 2 N–H and O–H groups in total. The fraction of sp³-hybridized carbons (Fsp3) is 0.133. The number of methoxy groups -OCH3 is 1. The van der Waals surface area contributed by atoms with Gasteiger partial charge >= 0.3 is 0 Å². The van der Waals surface area contributed by atoms with Crippen LogP contribution in [0.1, 0.15) is 0 Å². The molecule has 148 valence electrons. The lowest BCUT2D eigenvalue weighted by atomic mass is 10.2. The normalized spacial score (nSPS) is 10.9. The van der Waals surface area contributed by atoms with E-state index in [9.17, 15) is 33.4 Å². The number of para-hydroxylation sites is 1. The third-order valence-electron chi connectivity index (χ3n) is 3.57. The van der Waals surface area contributed by atoms with Crippen molar-refractivity contribution < 1.29 is 27.8 Å². The fourth-order valence-corrected chi connectivity index (χ4v) is 3.97. The average molecular weight is 410 g/mol. The highest BCUT2D eigenvalue weighted by Crippen LogP contribution is 2.37. The van der Waals surface area contributed by atoms with Crippen LogP contribution in [0.4, 0.5) is 17.1 Å². The molecule has 0 aromatic heterocycles. The number of ether oxygens (including phenoxy) is 1. The lowest BCUT2D eigenvalue weighted by Crippen LogP contribution is -2.39. The monoisotopic (exact) mass is 410 g/mol. The fourth-order valence-electron chi connectivity index (χ4n) is 2.37. The first-order valence-corrected chi connectivity index (χ1v) is 8.90. The second kappa shape index (κ2) is 7.87. The van der Waals surface area contributed by atoms with Gasteiger partial charge in [-0.3, -0.25) is 29.3 Å². The molecule has 2 aromatic rings. The summed E-state index contributed by atoms with van der Waals surface area (Å²) in [6.45, 7) is -0.925. The smallest absolute Gasteiger partial charge is 0.289 e. The molecule has 0 atom stereocenters. The summed E-state index contributed by atoms with van der Waals surface area (Å²) in [5.74, 6) is -1.20. The van der Waals surface area contributed by atoms with E-state index in [4.69, 9.17) is 10.5 Å². The summed E-state index contributed by atoms with van der Waals surface area (Å²) < 4.78 is 31.7. The van der Waals surface area contributed by atoms with Crippen molar-refractivity contribution >= 4 is 33.0 Å². The largest absolute Gasteiger partial charge is 0.495 e. The van der Waals surface area contributed by atoms with E-state index in [-0.39, 0.29) is 11.4 Å². The molecule has 13 heteroatoms. The number of hydrogen-bond acceptors (Lipinski definition) is 8. The first-order valence-electron chi connectivity index (χ1n) is 7.46. The molecule has 0 bridgehead atoms. The summed E-state index contributed by atoms with van der Waals surface area (Å²) in [5.41, 5.74) is 3.55. The minimum absolute atomic E-state index is 0.117.